The van der Waals surface area contributed by atoms with Gasteiger partial charge >= 0.3 is 0 Å². The molecule has 0 N–H and O–H groups in total. The minimum atomic E-state index is -0.929. The van der Waals surface area contributed by atoms with Gasteiger partial charge in [-0.25, -0.2) is 8.78 Å². The van der Waals surface area contributed by atoms with Crippen LogP contribution in [0.25, 0.3) is 0 Å². The average Bonchev–Trinajstić information content (AvgIpc) is 2.64. The third kappa shape index (κ3) is 3.18. The molecule has 2 aromatic rings. The van der Waals surface area contributed by atoms with Gasteiger partial charge in [-0.1, -0.05) is 60.7 Å². The van der Waals surface area contributed by atoms with Gasteiger partial charge in [-0.15, -0.1) is 0 Å². The maximum absolute atomic E-state index is 13.8. The van der Waals surface area contributed by atoms with E-state index in [2.05, 4.69) is 0 Å². The van der Waals surface area contributed by atoms with Crippen molar-refractivity contribution in [2.45, 2.75) is 12.8 Å². The Morgan fingerprint density at radius 3 is 1.33 bits per heavy atom. The maximum atomic E-state index is 13.8. The van der Waals surface area contributed by atoms with Crippen LogP contribution in [0.3, 0.4) is 0 Å². The van der Waals surface area contributed by atoms with E-state index in [0.29, 0.717) is 11.1 Å². The molecule has 24 heavy (non-hydrogen) atoms. The van der Waals surface area contributed by atoms with E-state index in [9.17, 15) is 18.4 Å². The molecule has 0 radical (unpaired) electrons. The van der Waals surface area contributed by atoms with E-state index in [1.54, 1.807) is 60.7 Å². The molecular weight excluding hydrogens is 310 g/mol. The highest BCUT2D eigenvalue weighted by Gasteiger charge is 2.40. The van der Waals surface area contributed by atoms with Gasteiger partial charge in [0.15, 0.2) is 11.6 Å². The highest BCUT2D eigenvalue weighted by Crippen LogP contribution is 2.39. The Morgan fingerprint density at radius 1 is 0.667 bits per heavy atom. The molecule has 0 fully saturated rings. The molecule has 2 unspecified atom stereocenters. The summed E-state index contributed by atoms with van der Waals surface area (Å²) >= 11 is 0. The van der Waals surface area contributed by atoms with E-state index in [1.807, 2.05) is 0 Å². The summed E-state index contributed by atoms with van der Waals surface area (Å²) < 4.78 is 27.6. The number of benzene rings is 2. The number of halogens is 2. The zero-order chi connectivity index (χ0) is 17.1. The number of carbonyl (C=O) groups is 2. The molecule has 122 valence electrons. The summed E-state index contributed by atoms with van der Waals surface area (Å²) in [6, 6.07) is 16.9. The summed E-state index contributed by atoms with van der Waals surface area (Å²) in [5, 5.41) is 0. The van der Waals surface area contributed by atoms with Gasteiger partial charge in [0.25, 0.3) is 0 Å². The van der Waals surface area contributed by atoms with E-state index < -0.39 is 23.5 Å². The molecule has 0 aromatic heterocycles. The van der Waals surface area contributed by atoms with Crippen molar-refractivity contribution in [1.82, 2.24) is 0 Å². The van der Waals surface area contributed by atoms with Crippen molar-refractivity contribution in [3.8, 4) is 0 Å². The Hall–Kier alpha value is -2.62. The smallest absolute Gasteiger partial charge is 0.167 e. The van der Waals surface area contributed by atoms with Gasteiger partial charge < -0.3 is 0 Å². The first-order chi connectivity index (χ1) is 11.6. The minimum Gasteiger partial charge on any atom is -0.294 e. The summed E-state index contributed by atoms with van der Waals surface area (Å²) in [7, 11) is 0. The van der Waals surface area contributed by atoms with Crippen molar-refractivity contribution in [3.63, 3.8) is 0 Å². The Labute approximate surface area is 138 Å². The molecule has 2 aromatic carbocycles. The van der Waals surface area contributed by atoms with E-state index in [1.165, 1.54) is 0 Å². The molecule has 0 heterocycles. The molecule has 0 spiro atoms. The SMILES string of the molecule is O=C(c1ccccc1)C1CC(F)=C(F)CC1C(=O)c1ccccc1. The zero-order valence-corrected chi connectivity index (χ0v) is 12.9. The lowest BCUT2D eigenvalue weighted by molar-refractivity contribution is 0.0734. The van der Waals surface area contributed by atoms with Crippen molar-refractivity contribution in [3.05, 3.63) is 83.4 Å². The Balaban J connectivity index is 1.95. The van der Waals surface area contributed by atoms with Crippen LogP contribution in [-0.2, 0) is 0 Å². The zero-order valence-electron chi connectivity index (χ0n) is 12.9. The van der Waals surface area contributed by atoms with Gasteiger partial charge in [0, 0.05) is 35.8 Å². The predicted molar refractivity (Wildman–Crippen MR) is 87.0 cm³/mol. The largest absolute Gasteiger partial charge is 0.294 e. The second-order valence-electron chi connectivity index (χ2n) is 5.89. The van der Waals surface area contributed by atoms with Crippen molar-refractivity contribution in [2.24, 2.45) is 11.8 Å². The Kier molecular flexibility index (Phi) is 4.65. The molecule has 2 atom stereocenters. The number of Topliss-reactive ketones (excluding diaryl/α,β-unsaturated/α-hetero) is 2. The average molecular weight is 326 g/mol. The molecule has 4 heteroatoms. The van der Waals surface area contributed by atoms with Crippen LogP contribution in [0.2, 0.25) is 0 Å². The first kappa shape index (κ1) is 16.2. The van der Waals surface area contributed by atoms with Gasteiger partial charge in [-0.3, -0.25) is 9.59 Å². The van der Waals surface area contributed by atoms with Gasteiger partial charge in [-0.05, 0) is 0 Å². The number of hydrogen-bond acceptors (Lipinski definition) is 2. The minimum absolute atomic E-state index is 0.326. The predicted octanol–water partition coefficient (Wildman–Crippen LogP) is 4.93. The highest BCUT2D eigenvalue weighted by molar-refractivity contribution is 6.05. The van der Waals surface area contributed by atoms with Crippen LogP contribution >= 0.6 is 0 Å². The topological polar surface area (TPSA) is 34.1 Å². The summed E-state index contributed by atoms with van der Waals surface area (Å²) in [6.45, 7) is 0. The lowest BCUT2D eigenvalue weighted by Gasteiger charge is -2.28. The maximum Gasteiger partial charge on any atom is 0.167 e. The van der Waals surface area contributed by atoms with Crippen LogP contribution in [0.4, 0.5) is 8.78 Å². The lowest BCUT2D eigenvalue weighted by Crippen LogP contribution is -2.33. The highest BCUT2D eigenvalue weighted by atomic mass is 19.2. The van der Waals surface area contributed by atoms with Crippen molar-refractivity contribution in [2.75, 3.05) is 0 Å². The summed E-state index contributed by atoms with van der Waals surface area (Å²) in [6.07, 6.45) is -0.744. The fourth-order valence-corrected chi connectivity index (χ4v) is 3.08. The molecule has 0 aliphatic heterocycles. The molecule has 1 aliphatic rings. The molecule has 3 rings (SSSR count). The fourth-order valence-electron chi connectivity index (χ4n) is 3.08. The first-order valence-electron chi connectivity index (χ1n) is 7.79. The van der Waals surface area contributed by atoms with Crippen molar-refractivity contribution in [1.29, 1.82) is 0 Å². The van der Waals surface area contributed by atoms with E-state index in [0.717, 1.165) is 0 Å². The summed E-state index contributed by atoms with van der Waals surface area (Å²) in [5.41, 5.74) is 0.812. The summed E-state index contributed by atoms with van der Waals surface area (Å²) in [5.74, 6) is -4.29. The van der Waals surface area contributed by atoms with Gasteiger partial charge in [0.05, 0.1) is 0 Å². The number of carbonyl (C=O) groups excluding carboxylic acids is 2. The van der Waals surface area contributed by atoms with Gasteiger partial charge in [-0.2, -0.15) is 0 Å². The van der Waals surface area contributed by atoms with Gasteiger partial charge in [0.1, 0.15) is 11.7 Å². The number of hydrogen-bond donors (Lipinski definition) is 0. The second-order valence-corrected chi connectivity index (χ2v) is 5.89. The Morgan fingerprint density at radius 2 is 1.00 bits per heavy atom. The van der Waals surface area contributed by atoms with Crippen LogP contribution in [0, 0.1) is 11.8 Å². The normalized spacial score (nSPS) is 20.8. The van der Waals surface area contributed by atoms with Crippen molar-refractivity contribution >= 4 is 11.6 Å². The fraction of sp³-hybridized carbons (Fsp3) is 0.200. The molecular formula is C20H16F2O2. The van der Waals surface area contributed by atoms with Gasteiger partial charge in [0.2, 0.25) is 0 Å². The number of rotatable bonds is 4. The third-order valence-electron chi connectivity index (χ3n) is 4.37. The third-order valence-corrected chi connectivity index (χ3v) is 4.37. The van der Waals surface area contributed by atoms with E-state index in [4.69, 9.17) is 0 Å². The van der Waals surface area contributed by atoms with Crippen molar-refractivity contribution < 1.29 is 18.4 Å². The van der Waals surface area contributed by atoms with Crippen LogP contribution in [0.15, 0.2) is 72.3 Å². The van der Waals surface area contributed by atoms with Crippen LogP contribution in [0.1, 0.15) is 33.6 Å². The molecule has 0 saturated heterocycles. The van der Waals surface area contributed by atoms with E-state index in [-0.39, 0.29) is 24.4 Å². The van der Waals surface area contributed by atoms with Crippen LogP contribution < -0.4 is 0 Å². The van der Waals surface area contributed by atoms with Crippen LogP contribution in [0.5, 0.6) is 0 Å². The molecule has 0 amide bonds. The van der Waals surface area contributed by atoms with Crippen LogP contribution in [-0.4, -0.2) is 11.6 Å². The standard InChI is InChI=1S/C20H16F2O2/c21-17-11-15(19(23)13-7-3-1-4-8-13)16(12-18(17)22)20(24)14-9-5-2-6-10-14/h1-10,15-16H,11-12H2. The Bertz CT molecular complexity index is 714. The molecule has 1 aliphatic carbocycles. The quantitative estimate of drug-likeness (QED) is 0.747. The van der Waals surface area contributed by atoms with E-state index >= 15 is 0 Å². The second kappa shape index (κ2) is 6.87. The summed E-state index contributed by atoms with van der Waals surface area (Å²) in [4.78, 5) is 25.5. The number of ketones is 2. The lowest BCUT2D eigenvalue weighted by atomic mass is 9.74. The first-order valence-corrected chi connectivity index (χ1v) is 7.79. The molecule has 0 saturated carbocycles. The molecule has 0 bridgehead atoms. The number of allylic oxidation sites excluding steroid dienone is 2. The monoisotopic (exact) mass is 326 g/mol. The molecule has 2 nitrogen and oxygen atoms in total.